The molecule has 0 spiro atoms. The Kier molecular flexibility index (Phi) is 5.96. The smallest absolute Gasteiger partial charge is 0.221 e. The molecule has 0 unspecified atom stereocenters. The van der Waals surface area contributed by atoms with E-state index in [4.69, 9.17) is 0 Å². The van der Waals surface area contributed by atoms with E-state index < -0.39 is 0 Å². The molecule has 2 aromatic rings. The quantitative estimate of drug-likeness (QED) is 0.823. The number of rotatable bonds is 5. The minimum atomic E-state index is -0.108. The second kappa shape index (κ2) is 8.38. The molecule has 2 amide bonds. The summed E-state index contributed by atoms with van der Waals surface area (Å²) >= 11 is 0. The molecular formula is C18H18N4O2. The van der Waals surface area contributed by atoms with Crippen LogP contribution < -0.4 is 10.6 Å². The van der Waals surface area contributed by atoms with Crippen molar-refractivity contribution >= 4 is 47.0 Å². The number of carbonyl (C=O) groups is 2. The highest BCUT2D eigenvalue weighted by molar-refractivity contribution is 6.17. The fraction of sp³-hybridized carbons (Fsp3) is 0.111. The van der Waals surface area contributed by atoms with Gasteiger partial charge in [0.2, 0.25) is 11.8 Å². The zero-order valence-electron chi connectivity index (χ0n) is 13.5. The van der Waals surface area contributed by atoms with Gasteiger partial charge >= 0.3 is 0 Å². The second-order valence-corrected chi connectivity index (χ2v) is 5.01. The highest BCUT2D eigenvalue weighted by atomic mass is 16.2. The largest absolute Gasteiger partial charge is 0.326 e. The molecule has 6 heteroatoms. The van der Waals surface area contributed by atoms with Gasteiger partial charge in [-0.15, -0.1) is 0 Å². The molecule has 2 aromatic carbocycles. The van der Waals surface area contributed by atoms with Crippen LogP contribution in [0.15, 0.2) is 58.5 Å². The van der Waals surface area contributed by atoms with Gasteiger partial charge in [-0.25, -0.2) is 0 Å². The van der Waals surface area contributed by atoms with Crippen molar-refractivity contribution in [2.24, 2.45) is 9.98 Å². The van der Waals surface area contributed by atoms with E-state index in [1.165, 1.54) is 13.8 Å². The predicted octanol–water partition coefficient (Wildman–Crippen LogP) is 3.71. The maximum Gasteiger partial charge on any atom is 0.221 e. The molecule has 0 bridgehead atoms. The van der Waals surface area contributed by atoms with Gasteiger partial charge in [0.25, 0.3) is 0 Å². The van der Waals surface area contributed by atoms with Crippen molar-refractivity contribution in [3.63, 3.8) is 0 Å². The van der Waals surface area contributed by atoms with E-state index in [1.54, 1.807) is 61.0 Å². The van der Waals surface area contributed by atoms with Crippen LogP contribution in [0, 0.1) is 0 Å². The molecule has 2 rings (SSSR count). The van der Waals surface area contributed by atoms with E-state index >= 15 is 0 Å². The summed E-state index contributed by atoms with van der Waals surface area (Å²) in [6.45, 7) is 2.93. The van der Waals surface area contributed by atoms with Crippen LogP contribution in [0.25, 0.3) is 0 Å². The topological polar surface area (TPSA) is 82.9 Å². The Morgan fingerprint density at radius 3 is 1.33 bits per heavy atom. The van der Waals surface area contributed by atoms with E-state index in [2.05, 4.69) is 20.6 Å². The molecule has 24 heavy (non-hydrogen) atoms. The molecular weight excluding hydrogens is 304 g/mol. The van der Waals surface area contributed by atoms with Gasteiger partial charge in [-0.2, -0.15) is 0 Å². The summed E-state index contributed by atoms with van der Waals surface area (Å²) < 4.78 is 0. The summed E-state index contributed by atoms with van der Waals surface area (Å²) in [5.41, 5.74) is 2.98. The van der Waals surface area contributed by atoms with E-state index in [0.29, 0.717) is 0 Å². The fourth-order valence-electron chi connectivity index (χ4n) is 1.91. The van der Waals surface area contributed by atoms with Crippen LogP contribution in [0.3, 0.4) is 0 Å². The van der Waals surface area contributed by atoms with E-state index in [-0.39, 0.29) is 11.8 Å². The number of nitrogens with one attached hydrogen (secondary N) is 2. The lowest BCUT2D eigenvalue weighted by Gasteiger charge is -2.01. The summed E-state index contributed by atoms with van der Waals surface area (Å²) in [6, 6.07) is 14.3. The van der Waals surface area contributed by atoms with Crippen LogP contribution in [0.5, 0.6) is 0 Å². The average Bonchev–Trinajstić information content (AvgIpc) is 2.53. The second-order valence-electron chi connectivity index (χ2n) is 5.01. The summed E-state index contributed by atoms with van der Waals surface area (Å²) in [7, 11) is 0. The number of benzene rings is 2. The minimum absolute atomic E-state index is 0.108. The molecule has 0 saturated heterocycles. The maximum atomic E-state index is 10.9. The Labute approximate surface area is 140 Å². The molecule has 0 aliphatic heterocycles. The number of hydrogen-bond acceptors (Lipinski definition) is 4. The monoisotopic (exact) mass is 322 g/mol. The zero-order valence-corrected chi connectivity index (χ0v) is 13.5. The summed E-state index contributed by atoms with van der Waals surface area (Å²) in [5.74, 6) is -0.217. The molecule has 0 radical (unpaired) electrons. The third kappa shape index (κ3) is 5.84. The van der Waals surface area contributed by atoms with Gasteiger partial charge < -0.3 is 10.6 Å². The van der Waals surface area contributed by atoms with E-state index in [0.717, 1.165) is 22.7 Å². The van der Waals surface area contributed by atoms with Crippen LogP contribution in [0.4, 0.5) is 22.7 Å². The summed E-state index contributed by atoms with van der Waals surface area (Å²) in [6.07, 6.45) is 3.18. The highest BCUT2D eigenvalue weighted by Gasteiger charge is 1.95. The summed E-state index contributed by atoms with van der Waals surface area (Å²) in [5, 5.41) is 5.39. The average molecular weight is 322 g/mol. The van der Waals surface area contributed by atoms with Crippen LogP contribution in [-0.4, -0.2) is 24.2 Å². The molecule has 0 heterocycles. The lowest BCUT2D eigenvalue weighted by Crippen LogP contribution is -2.04. The first-order valence-electron chi connectivity index (χ1n) is 7.35. The lowest BCUT2D eigenvalue weighted by molar-refractivity contribution is -0.115. The van der Waals surface area contributed by atoms with Crippen LogP contribution in [-0.2, 0) is 9.59 Å². The molecule has 0 fully saturated rings. The number of amides is 2. The molecule has 0 aliphatic carbocycles. The van der Waals surface area contributed by atoms with Gasteiger partial charge in [0.15, 0.2) is 0 Å². The van der Waals surface area contributed by atoms with E-state index in [9.17, 15) is 9.59 Å². The molecule has 0 saturated carbocycles. The highest BCUT2D eigenvalue weighted by Crippen LogP contribution is 2.17. The van der Waals surface area contributed by atoms with Gasteiger partial charge in [-0.1, -0.05) is 0 Å². The predicted molar refractivity (Wildman–Crippen MR) is 97.8 cm³/mol. The third-order valence-electron chi connectivity index (χ3n) is 2.89. The first-order chi connectivity index (χ1) is 11.5. The number of anilines is 2. The van der Waals surface area contributed by atoms with Crippen molar-refractivity contribution in [2.75, 3.05) is 10.6 Å². The summed E-state index contributed by atoms with van der Waals surface area (Å²) in [4.78, 5) is 30.4. The number of carbonyl (C=O) groups excluding carboxylic acids is 2. The van der Waals surface area contributed by atoms with Crippen molar-refractivity contribution in [1.82, 2.24) is 0 Å². The Morgan fingerprint density at radius 2 is 1.04 bits per heavy atom. The molecule has 6 nitrogen and oxygen atoms in total. The van der Waals surface area contributed by atoms with Crippen LogP contribution in [0.2, 0.25) is 0 Å². The normalized spacial score (nSPS) is 10.9. The molecule has 0 aromatic heterocycles. The maximum absolute atomic E-state index is 10.9. The standard InChI is InChI=1S/C18H18N4O2/c1-13(23)21-17-7-3-15(4-8-17)19-11-12-20-16-5-9-18(10-6-16)22-14(2)24/h3-12H,1-2H3,(H,21,23)(H,22,24). The Morgan fingerprint density at radius 1 is 0.708 bits per heavy atom. The van der Waals surface area contributed by atoms with Crippen molar-refractivity contribution in [3.8, 4) is 0 Å². The van der Waals surface area contributed by atoms with Gasteiger partial charge in [0.1, 0.15) is 0 Å². The SMILES string of the molecule is CC(=O)Nc1ccc(N=CC=Nc2ccc(NC(C)=O)cc2)cc1. The lowest BCUT2D eigenvalue weighted by atomic mass is 10.3. The van der Waals surface area contributed by atoms with Crippen molar-refractivity contribution in [3.05, 3.63) is 48.5 Å². The molecule has 122 valence electrons. The number of hydrogen-bond donors (Lipinski definition) is 2. The fourth-order valence-corrected chi connectivity index (χ4v) is 1.91. The number of aliphatic imine (C=N–C) groups is 2. The van der Waals surface area contributed by atoms with Gasteiger partial charge in [-0.3, -0.25) is 19.6 Å². The van der Waals surface area contributed by atoms with Crippen molar-refractivity contribution < 1.29 is 9.59 Å². The van der Waals surface area contributed by atoms with Gasteiger partial charge in [0, 0.05) is 37.7 Å². The first kappa shape index (κ1) is 17.1. The Bertz CT molecular complexity index is 695. The van der Waals surface area contributed by atoms with Gasteiger partial charge in [-0.05, 0) is 48.5 Å². The van der Waals surface area contributed by atoms with Crippen LogP contribution >= 0.6 is 0 Å². The number of nitrogens with zero attached hydrogens (tertiary/aromatic N) is 2. The first-order valence-corrected chi connectivity index (χ1v) is 7.35. The Balaban J connectivity index is 1.91. The van der Waals surface area contributed by atoms with Gasteiger partial charge in [0.05, 0.1) is 11.4 Å². The third-order valence-corrected chi connectivity index (χ3v) is 2.89. The minimum Gasteiger partial charge on any atom is -0.326 e. The molecule has 0 aliphatic rings. The Hall–Kier alpha value is -3.28. The molecule has 0 atom stereocenters. The van der Waals surface area contributed by atoms with Crippen LogP contribution in [0.1, 0.15) is 13.8 Å². The van der Waals surface area contributed by atoms with E-state index in [1.807, 2.05) is 0 Å². The molecule has 2 N–H and O–H groups in total. The van der Waals surface area contributed by atoms with Crippen molar-refractivity contribution in [2.45, 2.75) is 13.8 Å². The zero-order chi connectivity index (χ0) is 17.4. The van der Waals surface area contributed by atoms with Crippen molar-refractivity contribution in [1.29, 1.82) is 0 Å².